The van der Waals surface area contributed by atoms with Gasteiger partial charge in [0.25, 0.3) is 0 Å². The largest absolute Gasteiger partial charge is 0.339 e. The van der Waals surface area contributed by atoms with Crippen molar-refractivity contribution in [1.29, 1.82) is 0 Å². The summed E-state index contributed by atoms with van der Waals surface area (Å²) in [5.74, 6) is 3.24. The zero-order valence-corrected chi connectivity index (χ0v) is 10.9. The van der Waals surface area contributed by atoms with E-state index in [1.165, 1.54) is 25.7 Å². The zero-order chi connectivity index (χ0) is 12.3. The third-order valence-corrected chi connectivity index (χ3v) is 3.78. The van der Waals surface area contributed by atoms with Gasteiger partial charge in [0.15, 0.2) is 5.82 Å². The van der Waals surface area contributed by atoms with E-state index in [0.717, 1.165) is 24.1 Å². The first kappa shape index (κ1) is 12.6. The lowest BCUT2D eigenvalue weighted by Crippen LogP contribution is -2.13. The van der Waals surface area contributed by atoms with Crippen molar-refractivity contribution >= 4 is 0 Å². The summed E-state index contributed by atoms with van der Waals surface area (Å²) in [6.45, 7) is 5.07. The minimum absolute atomic E-state index is 0.280. The molecule has 0 radical (unpaired) electrons. The Morgan fingerprint density at radius 2 is 2.29 bits per heavy atom. The smallest absolute Gasteiger partial charge is 0.229 e. The van der Waals surface area contributed by atoms with Crippen molar-refractivity contribution < 1.29 is 4.52 Å². The van der Waals surface area contributed by atoms with Crippen molar-refractivity contribution in [2.45, 2.75) is 57.8 Å². The molecule has 1 aliphatic rings. The summed E-state index contributed by atoms with van der Waals surface area (Å²) in [5.41, 5.74) is 5.54. The fourth-order valence-corrected chi connectivity index (χ4v) is 2.66. The average molecular weight is 237 g/mol. The lowest BCUT2D eigenvalue weighted by atomic mass is 9.82. The van der Waals surface area contributed by atoms with E-state index in [2.05, 4.69) is 24.0 Å². The molecule has 3 atom stereocenters. The van der Waals surface area contributed by atoms with Crippen LogP contribution in [0, 0.1) is 5.92 Å². The van der Waals surface area contributed by atoms with Crippen LogP contribution >= 0.6 is 0 Å². The maximum Gasteiger partial charge on any atom is 0.229 e. The molecule has 1 aliphatic carbocycles. The third kappa shape index (κ3) is 3.06. The van der Waals surface area contributed by atoms with E-state index >= 15 is 0 Å². The first-order valence-electron chi connectivity index (χ1n) is 6.74. The Kier molecular flexibility index (Phi) is 4.15. The Hall–Kier alpha value is -0.900. The summed E-state index contributed by atoms with van der Waals surface area (Å²) < 4.78 is 5.35. The third-order valence-electron chi connectivity index (χ3n) is 3.78. The number of nitrogens with two attached hydrogens (primary N) is 1. The van der Waals surface area contributed by atoms with Crippen LogP contribution < -0.4 is 5.73 Å². The molecule has 1 heterocycles. The van der Waals surface area contributed by atoms with Gasteiger partial charge in [0.2, 0.25) is 5.89 Å². The van der Waals surface area contributed by atoms with Crippen LogP contribution in [0.5, 0.6) is 0 Å². The van der Waals surface area contributed by atoms with Gasteiger partial charge in [-0.05, 0) is 31.7 Å². The van der Waals surface area contributed by atoms with Crippen LogP contribution in [0.25, 0.3) is 0 Å². The van der Waals surface area contributed by atoms with Gasteiger partial charge in [0, 0.05) is 11.8 Å². The molecule has 0 aliphatic heterocycles. The molecule has 1 aromatic heterocycles. The maximum atomic E-state index is 5.54. The van der Waals surface area contributed by atoms with Gasteiger partial charge >= 0.3 is 0 Å². The van der Waals surface area contributed by atoms with Gasteiger partial charge in [0.1, 0.15) is 0 Å². The van der Waals surface area contributed by atoms with E-state index in [-0.39, 0.29) is 5.92 Å². The van der Waals surface area contributed by atoms with E-state index in [0.29, 0.717) is 12.5 Å². The number of aromatic nitrogens is 2. The van der Waals surface area contributed by atoms with Crippen molar-refractivity contribution in [3.63, 3.8) is 0 Å². The summed E-state index contributed by atoms with van der Waals surface area (Å²) >= 11 is 0. The normalized spacial score (nSPS) is 27.0. The Labute approximate surface area is 103 Å². The van der Waals surface area contributed by atoms with Gasteiger partial charge in [0.05, 0.1) is 0 Å². The molecule has 0 aromatic carbocycles. The SMILES string of the molecule is CC1CCCC(c2noc(C(C)CCN)n2)C1. The van der Waals surface area contributed by atoms with Gasteiger partial charge < -0.3 is 10.3 Å². The van der Waals surface area contributed by atoms with Crippen molar-refractivity contribution in [2.24, 2.45) is 11.7 Å². The number of nitrogens with zero attached hydrogens (tertiary/aromatic N) is 2. The second-order valence-electron chi connectivity index (χ2n) is 5.44. The van der Waals surface area contributed by atoms with Gasteiger partial charge in [-0.25, -0.2) is 0 Å². The van der Waals surface area contributed by atoms with Crippen LogP contribution in [0.15, 0.2) is 4.52 Å². The molecular weight excluding hydrogens is 214 g/mol. The second-order valence-corrected chi connectivity index (χ2v) is 5.44. The fraction of sp³-hybridized carbons (Fsp3) is 0.846. The van der Waals surface area contributed by atoms with Crippen LogP contribution in [0.2, 0.25) is 0 Å². The van der Waals surface area contributed by atoms with E-state index < -0.39 is 0 Å². The van der Waals surface area contributed by atoms with Gasteiger partial charge in [-0.1, -0.05) is 31.8 Å². The lowest BCUT2D eigenvalue weighted by Gasteiger charge is -2.23. The summed E-state index contributed by atoms with van der Waals surface area (Å²) in [6.07, 6.45) is 5.93. The predicted molar refractivity (Wildman–Crippen MR) is 66.8 cm³/mol. The molecule has 1 aromatic rings. The molecule has 0 saturated heterocycles. The van der Waals surface area contributed by atoms with E-state index in [4.69, 9.17) is 10.3 Å². The highest BCUT2D eigenvalue weighted by atomic mass is 16.5. The average Bonchev–Trinajstić information content (AvgIpc) is 2.78. The van der Waals surface area contributed by atoms with Gasteiger partial charge in [-0.2, -0.15) is 4.98 Å². The topological polar surface area (TPSA) is 64.9 Å². The molecule has 2 rings (SSSR count). The van der Waals surface area contributed by atoms with E-state index in [1.807, 2.05) is 0 Å². The highest BCUT2D eigenvalue weighted by molar-refractivity contribution is 5.00. The Morgan fingerprint density at radius 1 is 1.47 bits per heavy atom. The fourth-order valence-electron chi connectivity index (χ4n) is 2.66. The summed E-state index contributed by atoms with van der Waals surface area (Å²) in [4.78, 5) is 4.55. The van der Waals surface area contributed by atoms with Crippen LogP contribution in [-0.4, -0.2) is 16.7 Å². The van der Waals surface area contributed by atoms with Crippen LogP contribution in [0.1, 0.15) is 69.5 Å². The lowest BCUT2D eigenvalue weighted by molar-refractivity contribution is 0.316. The molecule has 2 N–H and O–H groups in total. The Balaban J connectivity index is 2.02. The van der Waals surface area contributed by atoms with E-state index in [9.17, 15) is 0 Å². The van der Waals surface area contributed by atoms with Crippen LogP contribution in [0.4, 0.5) is 0 Å². The first-order chi connectivity index (χ1) is 8.20. The number of hydrogen-bond donors (Lipinski definition) is 1. The quantitative estimate of drug-likeness (QED) is 0.874. The highest BCUT2D eigenvalue weighted by Gasteiger charge is 2.25. The minimum Gasteiger partial charge on any atom is -0.339 e. The molecule has 1 saturated carbocycles. The summed E-state index contributed by atoms with van der Waals surface area (Å²) in [6, 6.07) is 0. The molecule has 0 amide bonds. The van der Waals surface area contributed by atoms with Crippen molar-refractivity contribution in [1.82, 2.24) is 10.1 Å². The zero-order valence-electron chi connectivity index (χ0n) is 10.9. The Morgan fingerprint density at radius 3 is 3.00 bits per heavy atom. The molecule has 0 spiro atoms. The van der Waals surface area contributed by atoms with Gasteiger partial charge in [-0.15, -0.1) is 0 Å². The van der Waals surface area contributed by atoms with Crippen molar-refractivity contribution in [3.05, 3.63) is 11.7 Å². The second kappa shape index (κ2) is 5.63. The summed E-state index contributed by atoms with van der Waals surface area (Å²) in [7, 11) is 0. The molecule has 4 nitrogen and oxygen atoms in total. The standard InChI is InChI=1S/C13H23N3O/c1-9-4-3-5-11(8-9)12-15-13(17-16-12)10(2)6-7-14/h9-11H,3-8,14H2,1-2H3. The van der Waals surface area contributed by atoms with Crippen molar-refractivity contribution in [3.8, 4) is 0 Å². The highest BCUT2D eigenvalue weighted by Crippen LogP contribution is 2.34. The van der Waals surface area contributed by atoms with Crippen molar-refractivity contribution in [2.75, 3.05) is 6.54 Å². The predicted octanol–water partition coefficient (Wildman–Crippen LogP) is 2.82. The van der Waals surface area contributed by atoms with E-state index in [1.54, 1.807) is 0 Å². The molecule has 1 fully saturated rings. The Bertz CT molecular complexity index is 350. The molecule has 17 heavy (non-hydrogen) atoms. The molecule has 0 bridgehead atoms. The monoisotopic (exact) mass is 237 g/mol. The maximum absolute atomic E-state index is 5.54. The van der Waals surface area contributed by atoms with Crippen LogP contribution in [0.3, 0.4) is 0 Å². The minimum atomic E-state index is 0.280. The number of hydrogen-bond acceptors (Lipinski definition) is 4. The molecule has 4 heteroatoms. The van der Waals surface area contributed by atoms with Crippen LogP contribution in [-0.2, 0) is 0 Å². The molecular formula is C13H23N3O. The molecule has 3 unspecified atom stereocenters. The van der Waals surface area contributed by atoms with Gasteiger partial charge in [-0.3, -0.25) is 0 Å². The summed E-state index contributed by atoms with van der Waals surface area (Å²) in [5, 5.41) is 4.15. The molecule has 96 valence electrons. The number of rotatable bonds is 4. The first-order valence-corrected chi connectivity index (χ1v) is 6.74.